The van der Waals surface area contributed by atoms with E-state index in [2.05, 4.69) is 24.1 Å². The van der Waals surface area contributed by atoms with Crippen molar-refractivity contribution in [3.63, 3.8) is 0 Å². The predicted molar refractivity (Wildman–Crippen MR) is 68.7 cm³/mol. The molecular weight excluding hydrogens is 200 g/mol. The highest BCUT2D eigenvalue weighted by Gasteiger charge is 2.23. The second kappa shape index (κ2) is 7.25. The van der Waals surface area contributed by atoms with Crippen LogP contribution in [0.25, 0.3) is 0 Å². The van der Waals surface area contributed by atoms with Crippen molar-refractivity contribution in [3.05, 3.63) is 0 Å². The molecule has 0 bridgehead atoms. The van der Waals surface area contributed by atoms with E-state index in [0.717, 1.165) is 25.9 Å². The first kappa shape index (κ1) is 13.9. The van der Waals surface area contributed by atoms with Gasteiger partial charge in [0, 0.05) is 5.54 Å². The number of hydrogen-bond donors (Lipinski definition) is 2. The van der Waals surface area contributed by atoms with Gasteiger partial charge in [0.05, 0.1) is 6.61 Å². The fourth-order valence-corrected chi connectivity index (χ4v) is 2.24. The first-order chi connectivity index (χ1) is 7.70. The molecule has 0 aliphatic carbocycles. The summed E-state index contributed by atoms with van der Waals surface area (Å²) in [5.74, 6) is 0. The van der Waals surface area contributed by atoms with Crippen molar-refractivity contribution in [1.29, 1.82) is 0 Å². The van der Waals surface area contributed by atoms with Crippen molar-refractivity contribution in [1.82, 2.24) is 10.2 Å². The average molecular weight is 228 g/mol. The Kier molecular flexibility index (Phi) is 6.32. The number of nitrogens with one attached hydrogen (secondary N) is 1. The molecule has 0 aromatic heterocycles. The van der Waals surface area contributed by atoms with E-state index >= 15 is 0 Å². The topological polar surface area (TPSA) is 35.5 Å². The van der Waals surface area contributed by atoms with Gasteiger partial charge in [-0.1, -0.05) is 13.3 Å². The van der Waals surface area contributed by atoms with E-state index in [4.69, 9.17) is 0 Å². The normalized spacial score (nSPS) is 21.9. The summed E-state index contributed by atoms with van der Waals surface area (Å²) in [6.45, 7) is 9.14. The second-order valence-electron chi connectivity index (χ2n) is 5.30. The molecule has 0 aromatic rings. The Hall–Kier alpha value is -0.120. The third-order valence-corrected chi connectivity index (χ3v) is 3.58. The summed E-state index contributed by atoms with van der Waals surface area (Å²) in [5, 5.41) is 12.9. The van der Waals surface area contributed by atoms with Crippen LogP contribution in [0.1, 0.15) is 46.0 Å². The second-order valence-corrected chi connectivity index (χ2v) is 5.30. The van der Waals surface area contributed by atoms with E-state index in [9.17, 15) is 5.11 Å². The number of nitrogens with zero attached hydrogens (tertiary/aromatic N) is 1. The molecule has 1 atom stereocenters. The van der Waals surface area contributed by atoms with Crippen LogP contribution in [0.4, 0.5) is 0 Å². The Balaban J connectivity index is 2.25. The van der Waals surface area contributed by atoms with Crippen LogP contribution < -0.4 is 5.32 Å². The van der Waals surface area contributed by atoms with Crippen molar-refractivity contribution >= 4 is 0 Å². The molecule has 0 radical (unpaired) electrons. The van der Waals surface area contributed by atoms with Crippen molar-refractivity contribution in [3.8, 4) is 0 Å². The van der Waals surface area contributed by atoms with Crippen molar-refractivity contribution in [2.45, 2.75) is 51.5 Å². The molecule has 0 saturated carbocycles. The summed E-state index contributed by atoms with van der Waals surface area (Å²) in [7, 11) is 0. The lowest BCUT2D eigenvalue weighted by molar-refractivity contribution is 0.138. The van der Waals surface area contributed by atoms with Crippen LogP contribution in [0.15, 0.2) is 0 Å². The molecule has 0 spiro atoms. The molecule has 1 rings (SSSR count). The van der Waals surface area contributed by atoms with Gasteiger partial charge in [-0.25, -0.2) is 0 Å². The van der Waals surface area contributed by atoms with E-state index < -0.39 is 0 Å². The Morgan fingerprint density at radius 1 is 1.25 bits per heavy atom. The minimum absolute atomic E-state index is 0.0898. The molecule has 96 valence electrons. The van der Waals surface area contributed by atoms with E-state index in [1.54, 1.807) is 0 Å². The monoisotopic (exact) mass is 228 g/mol. The molecule has 0 amide bonds. The number of aliphatic hydroxyl groups is 1. The Bertz CT molecular complexity index is 181. The minimum Gasteiger partial charge on any atom is -0.394 e. The first-order valence-corrected chi connectivity index (χ1v) is 6.78. The van der Waals surface area contributed by atoms with Crippen LogP contribution in [-0.2, 0) is 0 Å². The molecule has 1 aliphatic heterocycles. The number of likely N-dealkylation sites (tertiary alicyclic amines) is 1. The van der Waals surface area contributed by atoms with Crippen molar-refractivity contribution in [2.75, 3.05) is 32.8 Å². The van der Waals surface area contributed by atoms with Crippen LogP contribution in [0.3, 0.4) is 0 Å². The summed E-state index contributed by atoms with van der Waals surface area (Å²) in [5.41, 5.74) is -0.0898. The van der Waals surface area contributed by atoms with Crippen molar-refractivity contribution < 1.29 is 5.11 Å². The largest absolute Gasteiger partial charge is 0.394 e. The van der Waals surface area contributed by atoms with Gasteiger partial charge in [0.15, 0.2) is 0 Å². The van der Waals surface area contributed by atoms with Gasteiger partial charge in [-0.05, 0) is 58.8 Å². The van der Waals surface area contributed by atoms with Crippen LogP contribution >= 0.6 is 0 Å². The minimum atomic E-state index is -0.0898. The lowest BCUT2D eigenvalue weighted by Gasteiger charge is -2.33. The number of rotatable bonds is 7. The van der Waals surface area contributed by atoms with Crippen LogP contribution in [0.2, 0.25) is 0 Å². The first-order valence-electron chi connectivity index (χ1n) is 6.78. The van der Waals surface area contributed by atoms with E-state index in [1.165, 1.54) is 32.4 Å². The maximum atomic E-state index is 9.46. The Morgan fingerprint density at radius 3 is 2.50 bits per heavy atom. The van der Waals surface area contributed by atoms with Gasteiger partial charge in [0.1, 0.15) is 0 Å². The number of aliphatic hydroxyl groups excluding tert-OH is 1. The summed E-state index contributed by atoms with van der Waals surface area (Å²) >= 11 is 0. The lowest BCUT2D eigenvalue weighted by atomic mass is 9.97. The molecule has 1 fully saturated rings. The van der Waals surface area contributed by atoms with Gasteiger partial charge in [-0.15, -0.1) is 0 Å². The summed E-state index contributed by atoms with van der Waals surface area (Å²) < 4.78 is 0. The van der Waals surface area contributed by atoms with E-state index in [0.29, 0.717) is 0 Å². The molecule has 1 aliphatic rings. The predicted octanol–water partition coefficient (Wildman–Crippen LogP) is 1.61. The number of piperidine rings is 1. The zero-order valence-electron chi connectivity index (χ0n) is 11.0. The molecule has 0 aromatic carbocycles. The molecule has 1 unspecified atom stereocenters. The van der Waals surface area contributed by atoms with Crippen LogP contribution in [0, 0.1) is 0 Å². The average Bonchev–Trinajstić information content (AvgIpc) is 2.35. The summed E-state index contributed by atoms with van der Waals surface area (Å²) in [6.07, 6.45) is 6.25. The molecular formula is C13H28N2O. The van der Waals surface area contributed by atoms with Gasteiger partial charge in [0.2, 0.25) is 0 Å². The smallest absolute Gasteiger partial charge is 0.0611 e. The highest BCUT2D eigenvalue weighted by Crippen LogP contribution is 2.14. The molecule has 3 heteroatoms. The van der Waals surface area contributed by atoms with Crippen LogP contribution in [-0.4, -0.2) is 48.3 Å². The Labute approximate surface area is 100 Å². The quantitative estimate of drug-likeness (QED) is 0.695. The van der Waals surface area contributed by atoms with Gasteiger partial charge in [-0.2, -0.15) is 0 Å². The van der Waals surface area contributed by atoms with E-state index in [-0.39, 0.29) is 12.1 Å². The molecule has 3 nitrogen and oxygen atoms in total. The highest BCUT2D eigenvalue weighted by molar-refractivity contribution is 4.83. The maximum absolute atomic E-state index is 9.46. The highest BCUT2D eigenvalue weighted by atomic mass is 16.3. The third-order valence-electron chi connectivity index (χ3n) is 3.58. The van der Waals surface area contributed by atoms with Gasteiger partial charge in [0.25, 0.3) is 0 Å². The Morgan fingerprint density at radius 2 is 1.94 bits per heavy atom. The summed E-state index contributed by atoms with van der Waals surface area (Å²) in [6, 6.07) is 0. The fraction of sp³-hybridized carbons (Fsp3) is 1.00. The van der Waals surface area contributed by atoms with Gasteiger partial charge in [-0.3, -0.25) is 0 Å². The van der Waals surface area contributed by atoms with Gasteiger partial charge < -0.3 is 15.3 Å². The van der Waals surface area contributed by atoms with Crippen molar-refractivity contribution in [2.24, 2.45) is 0 Å². The molecule has 1 saturated heterocycles. The maximum Gasteiger partial charge on any atom is 0.0611 e. The van der Waals surface area contributed by atoms with Gasteiger partial charge >= 0.3 is 0 Å². The lowest BCUT2D eigenvalue weighted by Crippen LogP contribution is -2.48. The molecule has 16 heavy (non-hydrogen) atoms. The zero-order valence-corrected chi connectivity index (χ0v) is 11.0. The molecule has 2 N–H and O–H groups in total. The third kappa shape index (κ3) is 4.81. The van der Waals surface area contributed by atoms with Crippen LogP contribution in [0.5, 0.6) is 0 Å². The number of hydrogen-bond acceptors (Lipinski definition) is 3. The zero-order chi connectivity index (χ0) is 11.9. The standard InChI is InChI=1S/C13H28N2O/c1-3-8-14-13(2,12-16)7-11-15-9-5-4-6-10-15/h14,16H,3-12H2,1-2H3. The van der Waals surface area contributed by atoms with E-state index in [1.807, 2.05) is 0 Å². The SMILES string of the molecule is CCCNC(C)(CO)CCN1CCCCC1. The molecule has 1 heterocycles. The fourth-order valence-electron chi connectivity index (χ4n) is 2.24. The summed E-state index contributed by atoms with van der Waals surface area (Å²) in [4.78, 5) is 2.53.